The van der Waals surface area contributed by atoms with Gasteiger partial charge in [0, 0.05) is 12.5 Å². The van der Waals surface area contributed by atoms with Crippen LogP contribution in [0.15, 0.2) is 0 Å². The predicted molar refractivity (Wildman–Crippen MR) is 142 cm³/mol. The molecule has 5 saturated carbocycles. The van der Waals surface area contributed by atoms with Crippen LogP contribution in [0.25, 0.3) is 0 Å². The van der Waals surface area contributed by atoms with Crippen molar-refractivity contribution in [3.63, 3.8) is 0 Å². The van der Waals surface area contributed by atoms with Crippen LogP contribution in [0.4, 0.5) is 4.79 Å². The number of ether oxygens (including phenoxy) is 2. The first-order valence-electron chi connectivity index (χ1n) is 15.1. The van der Waals surface area contributed by atoms with Gasteiger partial charge in [-0.15, -0.1) is 0 Å². The molecule has 1 aliphatic heterocycles. The van der Waals surface area contributed by atoms with E-state index in [1.807, 2.05) is 0 Å². The van der Waals surface area contributed by atoms with Crippen LogP contribution in [-0.4, -0.2) is 54.4 Å². The van der Waals surface area contributed by atoms with Gasteiger partial charge in [-0.25, -0.2) is 4.79 Å². The average molecular weight is 518 g/mol. The Bertz CT molecular complexity index is 985. The van der Waals surface area contributed by atoms with E-state index in [-0.39, 0.29) is 57.4 Å². The van der Waals surface area contributed by atoms with Gasteiger partial charge in [-0.3, -0.25) is 0 Å². The second kappa shape index (κ2) is 7.66. The van der Waals surface area contributed by atoms with E-state index in [0.29, 0.717) is 23.7 Å². The summed E-state index contributed by atoms with van der Waals surface area (Å²) < 4.78 is 12.0. The lowest BCUT2D eigenvalue weighted by atomic mass is 9.38. The first-order chi connectivity index (χ1) is 17.2. The molecule has 5 aliphatic carbocycles. The summed E-state index contributed by atoms with van der Waals surface area (Å²) >= 11 is 0. The molecule has 37 heavy (non-hydrogen) atoms. The molecule has 2 spiro atoms. The Morgan fingerprint density at radius 2 is 1.73 bits per heavy atom. The van der Waals surface area contributed by atoms with E-state index in [0.717, 1.165) is 38.5 Å². The van der Waals surface area contributed by atoms with Gasteiger partial charge >= 0.3 is 6.09 Å². The van der Waals surface area contributed by atoms with Crippen LogP contribution >= 0.6 is 0 Å². The number of hydrogen-bond acceptors (Lipinski definition) is 5. The number of aliphatic hydroxyl groups is 2. The third-order valence-corrected chi connectivity index (χ3v) is 15.1. The van der Waals surface area contributed by atoms with Gasteiger partial charge in [0.15, 0.2) is 0 Å². The number of alkyl carbamates (subject to hydrolysis) is 1. The minimum absolute atomic E-state index is 0.0139. The minimum atomic E-state index is -0.522. The summed E-state index contributed by atoms with van der Waals surface area (Å²) in [5.74, 6) is 1.79. The minimum Gasteiger partial charge on any atom is -0.447 e. The normalized spacial score (nSPS) is 59.2. The summed E-state index contributed by atoms with van der Waals surface area (Å²) in [6, 6.07) is 0. The van der Waals surface area contributed by atoms with Crippen LogP contribution in [0.1, 0.15) is 93.4 Å². The Kier molecular flexibility index (Phi) is 5.46. The van der Waals surface area contributed by atoms with Crippen molar-refractivity contribution in [3.8, 4) is 0 Å². The van der Waals surface area contributed by atoms with Gasteiger partial charge in [0.2, 0.25) is 0 Å². The van der Waals surface area contributed by atoms with Crippen molar-refractivity contribution in [1.82, 2.24) is 5.32 Å². The number of fused-ring (bicyclic) bond motifs is 4. The largest absolute Gasteiger partial charge is 0.447 e. The predicted octanol–water partition coefficient (Wildman–Crippen LogP) is 5.15. The van der Waals surface area contributed by atoms with E-state index in [1.165, 1.54) is 6.42 Å². The lowest BCUT2D eigenvalue weighted by molar-refractivity contribution is -0.214. The van der Waals surface area contributed by atoms with Crippen molar-refractivity contribution in [2.75, 3.05) is 13.7 Å². The third kappa shape index (κ3) is 2.63. The summed E-state index contributed by atoms with van der Waals surface area (Å²) in [5, 5.41) is 25.9. The van der Waals surface area contributed by atoms with E-state index < -0.39 is 12.2 Å². The molecule has 0 aromatic rings. The van der Waals surface area contributed by atoms with Crippen molar-refractivity contribution in [3.05, 3.63) is 0 Å². The number of carbonyl (C=O) groups excluding carboxylic acids is 1. The Hall–Kier alpha value is -0.850. The molecule has 3 N–H and O–H groups in total. The van der Waals surface area contributed by atoms with Gasteiger partial charge in [0.25, 0.3) is 0 Å². The quantitative estimate of drug-likeness (QED) is 0.471. The molecule has 1 amide bonds. The highest BCUT2D eigenvalue weighted by Gasteiger charge is 2.90. The smallest absolute Gasteiger partial charge is 0.406 e. The van der Waals surface area contributed by atoms with E-state index >= 15 is 0 Å². The maximum Gasteiger partial charge on any atom is 0.406 e. The van der Waals surface area contributed by atoms with Crippen molar-refractivity contribution >= 4 is 6.09 Å². The van der Waals surface area contributed by atoms with Gasteiger partial charge in [-0.2, -0.15) is 0 Å². The van der Waals surface area contributed by atoms with Gasteiger partial charge in [0.1, 0.15) is 6.61 Å². The standard InChI is InChI=1S/C31H51NO5/c1-17-15-19(16-36-25(35)32-8)37-23-22(17)27(5)13-14-30-18(2)31(30)12-10-21(33)26(3,4)28(31,6)11-9-20(30)29(27,7)24(23)34/h17-24,33-34H,9-16H2,1-8H3,(H,32,35)/t17-,18+,19-,20+,21+,22+,23+,24+,27-,28+,29-,30+,31-/m1/s1. The first-order valence-corrected chi connectivity index (χ1v) is 15.1. The highest BCUT2D eigenvalue weighted by Crippen LogP contribution is 2.94. The molecular weight excluding hydrogens is 466 g/mol. The molecule has 0 radical (unpaired) electrons. The Morgan fingerprint density at radius 1 is 1.03 bits per heavy atom. The van der Waals surface area contributed by atoms with E-state index in [1.54, 1.807) is 7.05 Å². The molecular formula is C31H51NO5. The molecule has 6 heteroatoms. The molecule has 13 atom stereocenters. The van der Waals surface area contributed by atoms with Crippen LogP contribution in [-0.2, 0) is 9.47 Å². The molecule has 0 aromatic heterocycles. The summed E-state index contributed by atoms with van der Waals surface area (Å²) in [6.45, 7) is 17.1. The maximum absolute atomic E-state index is 12.3. The number of nitrogens with one attached hydrogen (secondary N) is 1. The van der Waals surface area contributed by atoms with Crippen molar-refractivity contribution in [2.45, 2.75) is 118 Å². The van der Waals surface area contributed by atoms with Crippen LogP contribution in [0.5, 0.6) is 0 Å². The zero-order chi connectivity index (χ0) is 27.0. The molecule has 1 heterocycles. The van der Waals surface area contributed by atoms with Crippen molar-refractivity contribution in [2.24, 2.45) is 56.2 Å². The van der Waals surface area contributed by atoms with Gasteiger partial charge in [-0.05, 0) is 95.7 Å². The van der Waals surface area contributed by atoms with E-state index in [4.69, 9.17) is 9.47 Å². The fraction of sp³-hybridized carbons (Fsp3) is 0.968. The first kappa shape index (κ1) is 26.4. The van der Waals surface area contributed by atoms with Gasteiger partial charge in [0.05, 0.1) is 24.4 Å². The fourth-order valence-electron chi connectivity index (χ4n) is 12.9. The third-order valence-electron chi connectivity index (χ3n) is 15.1. The summed E-state index contributed by atoms with van der Waals surface area (Å²) in [4.78, 5) is 11.7. The number of hydrogen-bond donors (Lipinski definition) is 3. The van der Waals surface area contributed by atoms with Crippen molar-refractivity contribution in [1.29, 1.82) is 0 Å². The fourth-order valence-corrected chi connectivity index (χ4v) is 12.9. The molecule has 0 unspecified atom stereocenters. The van der Waals surface area contributed by atoms with Crippen LogP contribution in [0.2, 0.25) is 0 Å². The molecule has 1 saturated heterocycles. The van der Waals surface area contributed by atoms with Crippen LogP contribution < -0.4 is 5.32 Å². The average Bonchev–Trinajstić information content (AvgIpc) is 3.33. The molecule has 6 rings (SSSR count). The molecule has 6 aliphatic rings. The SMILES string of the molecule is CNC(=O)OC[C@H]1C[C@@H](C)[C@H]2[C@H](O1)[C@H](O)[C@@]1(C)[C@@H]3CC[C@@]4(C)C(C)(C)[C@@H](O)CC[C@@]45[C@@H](C)[C@@]35CC[C@]21C. The topological polar surface area (TPSA) is 88.0 Å². The monoisotopic (exact) mass is 517 g/mol. The second-order valence-electron chi connectivity index (χ2n) is 15.4. The molecule has 6 fully saturated rings. The van der Waals surface area contributed by atoms with Gasteiger partial charge in [-0.1, -0.05) is 48.5 Å². The van der Waals surface area contributed by atoms with Crippen LogP contribution in [0, 0.1) is 56.2 Å². The molecule has 0 bridgehead atoms. The zero-order valence-electron chi connectivity index (χ0n) is 24.4. The molecule has 210 valence electrons. The van der Waals surface area contributed by atoms with Crippen LogP contribution in [0.3, 0.4) is 0 Å². The van der Waals surface area contributed by atoms with E-state index in [9.17, 15) is 15.0 Å². The second-order valence-corrected chi connectivity index (χ2v) is 15.4. The summed E-state index contributed by atoms with van der Waals surface area (Å²) in [5.41, 5.74) is 0.295. The van der Waals surface area contributed by atoms with Crippen molar-refractivity contribution < 1.29 is 24.5 Å². The zero-order valence-corrected chi connectivity index (χ0v) is 24.4. The highest BCUT2D eigenvalue weighted by atomic mass is 16.6. The number of rotatable bonds is 2. The Balaban J connectivity index is 1.36. The Morgan fingerprint density at radius 3 is 2.41 bits per heavy atom. The lowest BCUT2D eigenvalue weighted by Gasteiger charge is -2.67. The maximum atomic E-state index is 12.3. The molecule has 6 nitrogen and oxygen atoms in total. The van der Waals surface area contributed by atoms with E-state index in [2.05, 4.69) is 53.8 Å². The number of carbonyl (C=O) groups is 1. The number of amides is 1. The highest BCUT2D eigenvalue weighted by molar-refractivity contribution is 5.66. The summed E-state index contributed by atoms with van der Waals surface area (Å²) in [7, 11) is 1.57. The molecule has 0 aromatic carbocycles. The number of aliphatic hydroxyl groups excluding tert-OH is 2. The Labute approximate surface area is 223 Å². The summed E-state index contributed by atoms with van der Waals surface area (Å²) in [6.07, 6.45) is 5.91. The lowest BCUT2D eigenvalue weighted by Crippen LogP contribution is -2.63. The van der Waals surface area contributed by atoms with Gasteiger partial charge < -0.3 is 25.0 Å².